The maximum absolute atomic E-state index is 12.1. The van der Waals surface area contributed by atoms with Gasteiger partial charge in [0.15, 0.2) is 0 Å². The fourth-order valence-electron chi connectivity index (χ4n) is 0.926. The van der Waals surface area contributed by atoms with E-state index in [0.717, 1.165) is 5.56 Å². The Morgan fingerprint density at radius 3 is 2.25 bits per heavy atom. The van der Waals surface area contributed by atoms with Gasteiger partial charge in [0.05, 0.1) is 6.61 Å². The number of benzene rings is 1. The van der Waals surface area contributed by atoms with Crippen LogP contribution in [0.1, 0.15) is 17.6 Å². The van der Waals surface area contributed by atoms with Gasteiger partial charge in [-0.15, -0.1) is 0 Å². The number of hydrogen-bond acceptors (Lipinski definition) is 1. The molecule has 0 saturated carbocycles. The van der Waals surface area contributed by atoms with E-state index in [-0.39, 0.29) is 5.56 Å². The summed E-state index contributed by atoms with van der Waals surface area (Å²) in [5, 5.41) is 0. The first-order chi connectivity index (χ1) is 5.74. The zero-order valence-electron chi connectivity index (χ0n) is 6.76. The predicted molar refractivity (Wildman–Crippen MR) is 42.1 cm³/mol. The second kappa shape index (κ2) is 4.16. The molecule has 0 heterocycles. The van der Waals surface area contributed by atoms with Crippen molar-refractivity contribution in [3.05, 3.63) is 35.4 Å². The summed E-state index contributed by atoms with van der Waals surface area (Å²) in [6.07, 6.45) is -2.39. The van der Waals surface area contributed by atoms with E-state index in [1.807, 2.05) is 0 Å². The average molecular weight is 172 g/mol. The molecule has 0 unspecified atom stereocenters. The Balaban J connectivity index is 2.71. The van der Waals surface area contributed by atoms with Gasteiger partial charge in [-0.2, -0.15) is 0 Å². The number of halogens is 2. The van der Waals surface area contributed by atoms with Crippen LogP contribution in [0, 0.1) is 0 Å². The first kappa shape index (κ1) is 9.13. The van der Waals surface area contributed by atoms with Crippen molar-refractivity contribution in [2.45, 2.75) is 13.0 Å². The molecule has 0 fully saturated rings. The van der Waals surface area contributed by atoms with Crippen LogP contribution in [0.2, 0.25) is 0 Å². The minimum absolute atomic E-state index is 0.0508. The molecular formula is C9H10F2O. The average Bonchev–Trinajstić information content (AvgIpc) is 2.06. The van der Waals surface area contributed by atoms with Gasteiger partial charge >= 0.3 is 0 Å². The maximum atomic E-state index is 12.1. The number of methoxy groups -OCH3 is 1. The molecular weight excluding hydrogens is 162 g/mol. The van der Waals surface area contributed by atoms with Crippen molar-refractivity contribution < 1.29 is 13.5 Å². The molecule has 0 amide bonds. The molecule has 0 spiro atoms. The fourth-order valence-corrected chi connectivity index (χ4v) is 0.926. The smallest absolute Gasteiger partial charge is 0.263 e. The van der Waals surface area contributed by atoms with Crippen molar-refractivity contribution in [2.24, 2.45) is 0 Å². The Bertz CT molecular complexity index is 231. The summed E-state index contributed by atoms with van der Waals surface area (Å²) in [5.41, 5.74) is 0.955. The van der Waals surface area contributed by atoms with Gasteiger partial charge in [-0.3, -0.25) is 0 Å². The Kier molecular flexibility index (Phi) is 3.17. The van der Waals surface area contributed by atoms with Crippen molar-refractivity contribution in [3.63, 3.8) is 0 Å². The third-order valence-electron chi connectivity index (χ3n) is 1.54. The normalized spacial score (nSPS) is 10.7. The zero-order valence-corrected chi connectivity index (χ0v) is 6.76. The van der Waals surface area contributed by atoms with Crippen LogP contribution < -0.4 is 0 Å². The van der Waals surface area contributed by atoms with Crippen LogP contribution in [0.15, 0.2) is 24.3 Å². The lowest BCUT2D eigenvalue weighted by molar-refractivity contribution is 0.151. The van der Waals surface area contributed by atoms with Crippen molar-refractivity contribution in [1.82, 2.24) is 0 Å². The third-order valence-corrected chi connectivity index (χ3v) is 1.54. The Hall–Kier alpha value is -0.960. The lowest BCUT2D eigenvalue weighted by Gasteiger charge is -2.01. The zero-order chi connectivity index (χ0) is 8.97. The van der Waals surface area contributed by atoms with Crippen molar-refractivity contribution in [3.8, 4) is 0 Å². The second-order valence-electron chi connectivity index (χ2n) is 2.48. The molecule has 1 aromatic rings. The number of ether oxygens (including phenoxy) is 1. The summed E-state index contributed by atoms with van der Waals surface area (Å²) in [4.78, 5) is 0. The fraction of sp³-hybridized carbons (Fsp3) is 0.333. The van der Waals surface area contributed by atoms with Crippen LogP contribution in [0.5, 0.6) is 0 Å². The lowest BCUT2D eigenvalue weighted by Crippen LogP contribution is -1.88. The van der Waals surface area contributed by atoms with Crippen LogP contribution in [0.3, 0.4) is 0 Å². The van der Waals surface area contributed by atoms with Crippen LogP contribution in [-0.2, 0) is 11.3 Å². The van der Waals surface area contributed by atoms with Gasteiger partial charge in [0.2, 0.25) is 0 Å². The monoisotopic (exact) mass is 172 g/mol. The topological polar surface area (TPSA) is 9.23 Å². The molecule has 0 aliphatic rings. The molecule has 3 heteroatoms. The van der Waals surface area contributed by atoms with E-state index < -0.39 is 6.43 Å². The molecule has 0 N–H and O–H groups in total. The van der Waals surface area contributed by atoms with Crippen molar-refractivity contribution in [1.29, 1.82) is 0 Å². The highest BCUT2D eigenvalue weighted by atomic mass is 19.3. The van der Waals surface area contributed by atoms with Gasteiger partial charge < -0.3 is 4.74 Å². The third kappa shape index (κ3) is 2.27. The van der Waals surface area contributed by atoms with Crippen molar-refractivity contribution >= 4 is 0 Å². The number of rotatable bonds is 3. The van der Waals surface area contributed by atoms with E-state index in [2.05, 4.69) is 0 Å². The van der Waals surface area contributed by atoms with Gasteiger partial charge in [0.25, 0.3) is 6.43 Å². The molecule has 0 aliphatic carbocycles. The molecule has 0 atom stereocenters. The Morgan fingerprint density at radius 1 is 1.25 bits per heavy atom. The standard InChI is InChI=1S/C9H10F2O/c1-12-6-7-2-4-8(5-3-7)9(10)11/h2-5,9H,6H2,1H3. The molecule has 66 valence electrons. The second-order valence-corrected chi connectivity index (χ2v) is 2.48. The lowest BCUT2D eigenvalue weighted by atomic mass is 10.1. The molecule has 0 radical (unpaired) electrons. The highest BCUT2D eigenvalue weighted by Gasteiger charge is 2.04. The largest absolute Gasteiger partial charge is 0.380 e. The molecule has 1 rings (SSSR count). The highest BCUT2D eigenvalue weighted by Crippen LogP contribution is 2.18. The molecule has 0 bridgehead atoms. The van der Waals surface area contributed by atoms with E-state index in [9.17, 15) is 8.78 Å². The minimum Gasteiger partial charge on any atom is -0.380 e. The minimum atomic E-state index is -2.39. The maximum Gasteiger partial charge on any atom is 0.263 e. The van der Waals surface area contributed by atoms with Crippen molar-refractivity contribution in [2.75, 3.05) is 7.11 Å². The summed E-state index contributed by atoms with van der Waals surface area (Å²) in [6.45, 7) is 0.462. The summed E-state index contributed by atoms with van der Waals surface area (Å²) in [7, 11) is 1.57. The summed E-state index contributed by atoms with van der Waals surface area (Å²) >= 11 is 0. The molecule has 0 aromatic heterocycles. The molecule has 1 aromatic carbocycles. The van der Waals surface area contributed by atoms with Gasteiger partial charge in [0.1, 0.15) is 0 Å². The van der Waals surface area contributed by atoms with E-state index in [1.165, 1.54) is 12.1 Å². The highest BCUT2D eigenvalue weighted by molar-refractivity contribution is 5.22. The van der Waals surface area contributed by atoms with Crippen LogP contribution in [-0.4, -0.2) is 7.11 Å². The summed E-state index contributed by atoms with van der Waals surface area (Å²) < 4.78 is 28.9. The van der Waals surface area contributed by atoms with Gasteiger partial charge in [0, 0.05) is 12.7 Å². The molecule has 1 nitrogen and oxygen atoms in total. The van der Waals surface area contributed by atoms with E-state index >= 15 is 0 Å². The first-order valence-electron chi connectivity index (χ1n) is 3.60. The summed E-state index contributed by atoms with van der Waals surface area (Å²) in [6, 6.07) is 6.12. The van der Waals surface area contributed by atoms with Gasteiger partial charge in [-0.05, 0) is 5.56 Å². The van der Waals surface area contributed by atoms with E-state index in [1.54, 1.807) is 19.2 Å². The van der Waals surface area contributed by atoms with Crippen LogP contribution in [0.4, 0.5) is 8.78 Å². The Morgan fingerprint density at radius 2 is 1.83 bits per heavy atom. The van der Waals surface area contributed by atoms with Gasteiger partial charge in [-0.1, -0.05) is 24.3 Å². The summed E-state index contributed by atoms with van der Waals surface area (Å²) in [5.74, 6) is 0. The quantitative estimate of drug-likeness (QED) is 0.681. The van der Waals surface area contributed by atoms with E-state index in [4.69, 9.17) is 4.74 Å². The molecule has 0 saturated heterocycles. The van der Waals surface area contributed by atoms with Crippen LogP contribution in [0.25, 0.3) is 0 Å². The molecule has 12 heavy (non-hydrogen) atoms. The SMILES string of the molecule is COCc1ccc(C(F)F)cc1. The number of alkyl halides is 2. The van der Waals surface area contributed by atoms with Crippen LogP contribution >= 0.6 is 0 Å². The van der Waals surface area contributed by atoms with Gasteiger partial charge in [-0.25, -0.2) is 8.78 Å². The molecule has 0 aliphatic heterocycles. The predicted octanol–water partition coefficient (Wildman–Crippen LogP) is 2.77. The first-order valence-corrected chi connectivity index (χ1v) is 3.60. The van der Waals surface area contributed by atoms with E-state index in [0.29, 0.717) is 6.61 Å². The number of hydrogen-bond donors (Lipinski definition) is 0. The Labute approximate surface area is 70.0 Å².